The van der Waals surface area contributed by atoms with Crippen molar-refractivity contribution in [1.29, 1.82) is 0 Å². The molecule has 2 rings (SSSR count). The van der Waals surface area contributed by atoms with Gasteiger partial charge in [0.1, 0.15) is 0 Å². The SMILES string of the molecule is Cc1csc(CCNC(=O)C2CCC2)n1. The van der Waals surface area contributed by atoms with Gasteiger partial charge < -0.3 is 5.32 Å². The second-order valence-electron chi connectivity index (χ2n) is 4.05. The van der Waals surface area contributed by atoms with Crippen LogP contribution in [-0.2, 0) is 11.2 Å². The second kappa shape index (κ2) is 4.75. The lowest BCUT2D eigenvalue weighted by atomic mass is 9.85. The van der Waals surface area contributed by atoms with E-state index >= 15 is 0 Å². The van der Waals surface area contributed by atoms with E-state index in [2.05, 4.69) is 10.3 Å². The molecule has 0 atom stereocenters. The Morgan fingerprint density at radius 2 is 2.47 bits per heavy atom. The van der Waals surface area contributed by atoms with Gasteiger partial charge in [-0.05, 0) is 19.8 Å². The van der Waals surface area contributed by atoms with Gasteiger partial charge >= 0.3 is 0 Å². The van der Waals surface area contributed by atoms with Gasteiger partial charge in [0.15, 0.2) is 0 Å². The van der Waals surface area contributed by atoms with Crippen LogP contribution >= 0.6 is 11.3 Å². The normalized spacial score (nSPS) is 16.1. The van der Waals surface area contributed by atoms with Crippen molar-refractivity contribution in [3.05, 3.63) is 16.1 Å². The molecule has 1 aliphatic carbocycles. The monoisotopic (exact) mass is 224 g/mol. The summed E-state index contributed by atoms with van der Waals surface area (Å²) in [7, 11) is 0. The van der Waals surface area contributed by atoms with Gasteiger partial charge in [-0.15, -0.1) is 11.3 Å². The number of amides is 1. The van der Waals surface area contributed by atoms with Gasteiger partial charge in [0.2, 0.25) is 5.91 Å². The minimum absolute atomic E-state index is 0.231. The molecule has 1 aromatic heterocycles. The quantitative estimate of drug-likeness (QED) is 0.849. The van der Waals surface area contributed by atoms with Crippen LogP contribution < -0.4 is 5.32 Å². The number of aromatic nitrogens is 1. The molecule has 0 saturated heterocycles. The molecule has 1 aromatic rings. The van der Waals surface area contributed by atoms with Crippen molar-refractivity contribution in [3.8, 4) is 0 Å². The minimum atomic E-state index is 0.231. The van der Waals surface area contributed by atoms with E-state index in [0.717, 1.165) is 36.5 Å². The number of aryl methyl sites for hydroxylation is 1. The summed E-state index contributed by atoms with van der Waals surface area (Å²) in [6.07, 6.45) is 4.21. The Kier molecular flexibility index (Phi) is 3.36. The van der Waals surface area contributed by atoms with E-state index < -0.39 is 0 Å². The summed E-state index contributed by atoms with van der Waals surface area (Å²) in [6.45, 7) is 2.72. The summed E-state index contributed by atoms with van der Waals surface area (Å²) in [5, 5.41) is 6.13. The third-order valence-electron chi connectivity index (χ3n) is 2.78. The van der Waals surface area contributed by atoms with Gasteiger partial charge in [0.25, 0.3) is 0 Å². The van der Waals surface area contributed by atoms with Crippen LogP contribution in [-0.4, -0.2) is 17.4 Å². The Morgan fingerprint density at radius 1 is 1.67 bits per heavy atom. The Bertz CT molecular complexity index is 344. The van der Waals surface area contributed by atoms with E-state index in [9.17, 15) is 4.79 Å². The molecule has 0 radical (unpaired) electrons. The lowest BCUT2D eigenvalue weighted by molar-refractivity contribution is -0.127. The molecule has 3 nitrogen and oxygen atoms in total. The highest BCUT2D eigenvalue weighted by atomic mass is 32.1. The Hall–Kier alpha value is -0.900. The first kappa shape index (κ1) is 10.6. The molecule has 0 bridgehead atoms. The molecule has 1 fully saturated rings. The lowest BCUT2D eigenvalue weighted by Gasteiger charge is -2.23. The molecule has 15 heavy (non-hydrogen) atoms. The van der Waals surface area contributed by atoms with Crippen LogP contribution in [0.15, 0.2) is 5.38 Å². The average molecular weight is 224 g/mol. The maximum Gasteiger partial charge on any atom is 0.223 e. The Balaban J connectivity index is 1.68. The summed E-state index contributed by atoms with van der Waals surface area (Å²) in [4.78, 5) is 15.8. The fourth-order valence-corrected chi connectivity index (χ4v) is 2.40. The topological polar surface area (TPSA) is 42.0 Å². The first-order valence-corrected chi connectivity index (χ1v) is 6.32. The number of carbonyl (C=O) groups is 1. The van der Waals surface area contributed by atoms with Crippen molar-refractivity contribution in [2.24, 2.45) is 5.92 Å². The van der Waals surface area contributed by atoms with Crippen LogP contribution in [0.1, 0.15) is 30.0 Å². The molecule has 1 N–H and O–H groups in total. The fraction of sp³-hybridized carbons (Fsp3) is 0.636. The smallest absolute Gasteiger partial charge is 0.223 e. The number of hydrogen-bond donors (Lipinski definition) is 1. The highest BCUT2D eigenvalue weighted by Gasteiger charge is 2.24. The number of nitrogens with zero attached hydrogens (tertiary/aromatic N) is 1. The van der Waals surface area contributed by atoms with Crippen molar-refractivity contribution in [2.75, 3.05) is 6.54 Å². The standard InChI is InChI=1S/C11H16N2OS/c1-8-7-15-10(13-8)5-6-12-11(14)9-3-2-4-9/h7,9H,2-6H2,1H3,(H,12,14). The van der Waals surface area contributed by atoms with Crippen molar-refractivity contribution < 1.29 is 4.79 Å². The number of nitrogens with one attached hydrogen (secondary N) is 1. The van der Waals surface area contributed by atoms with E-state index in [0.29, 0.717) is 5.92 Å². The van der Waals surface area contributed by atoms with Crippen LogP contribution in [0, 0.1) is 12.8 Å². The van der Waals surface area contributed by atoms with Crippen molar-refractivity contribution in [2.45, 2.75) is 32.6 Å². The summed E-state index contributed by atoms with van der Waals surface area (Å²) in [5.74, 6) is 0.526. The van der Waals surface area contributed by atoms with Crippen LogP contribution in [0.2, 0.25) is 0 Å². The van der Waals surface area contributed by atoms with Gasteiger partial charge in [-0.2, -0.15) is 0 Å². The molecule has 0 spiro atoms. The minimum Gasteiger partial charge on any atom is -0.355 e. The van der Waals surface area contributed by atoms with Gasteiger partial charge in [-0.1, -0.05) is 6.42 Å². The first-order valence-electron chi connectivity index (χ1n) is 5.44. The molecule has 4 heteroatoms. The van der Waals surface area contributed by atoms with Gasteiger partial charge in [-0.25, -0.2) is 4.98 Å². The Morgan fingerprint density at radius 3 is 3.00 bits per heavy atom. The number of thiazole rings is 1. The van der Waals surface area contributed by atoms with Crippen molar-refractivity contribution in [3.63, 3.8) is 0 Å². The molecule has 82 valence electrons. The second-order valence-corrected chi connectivity index (χ2v) is 4.99. The van der Waals surface area contributed by atoms with E-state index in [1.807, 2.05) is 12.3 Å². The number of hydrogen-bond acceptors (Lipinski definition) is 3. The molecule has 0 unspecified atom stereocenters. The van der Waals surface area contributed by atoms with Crippen LogP contribution in [0.3, 0.4) is 0 Å². The van der Waals surface area contributed by atoms with E-state index in [1.165, 1.54) is 6.42 Å². The van der Waals surface area contributed by atoms with E-state index in [1.54, 1.807) is 11.3 Å². The maximum atomic E-state index is 11.5. The summed E-state index contributed by atoms with van der Waals surface area (Å²) >= 11 is 1.67. The molecular weight excluding hydrogens is 208 g/mol. The van der Waals surface area contributed by atoms with Crippen LogP contribution in [0.5, 0.6) is 0 Å². The van der Waals surface area contributed by atoms with Crippen molar-refractivity contribution >= 4 is 17.2 Å². The zero-order chi connectivity index (χ0) is 10.7. The molecule has 1 amide bonds. The molecule has 0 aromatic carbocycles. The number of rotatable bonds is 4. The van der Waals surface area contributed by atoms with Gasteiger partial charge in [0, 0.05) is 30.0 Å². The maximum absolute atomic E-state index is 11.5. The first-order chi connectivity index (χ1) is 7.25. The Labute approximate surface area is 93.9 Å². The number of carbonyl (C=O) groups excluding carboxylic acids is 1. The third-order valence-corrected chi connectivity index (χ3v) is 3.81. The highest BCUT2D eigenvalue weighted by molar-refractivity contribution is 7.09. The summed E-state index contributed by atoms with van der Waals surface area (Å²) < 4.78 is 0. The lowest BCUT2D eigenvalue weighted by Crippen LogP contribution is -2.35. The van der Waals surface area contributed by atoms with Gasteiger partial charge in [-0.3, -0.25) is 4.79 Å². The molecular formula is C11H16N2OS. The largest absolute Gasteiger partial charge is 0.355 e. The zero-order valence-electron chi connectivity index (χ0n) is 8.95. The zero-order valence-corrected chi connectivity index (χ0v) is 9.77. The fourth-order valence-electron chi connectivity index (χ4n) is 1.62. The van der Waals surface area contributed by atoms with Crippen LogP contribution in [0.4, 0.5) is 0 Å². The molecule has 1 aliphatic rings. The molecule has 1 saturated carbocycles. The van der Waals surface area contributed by atoms with E-state index in [4.69, 9.17) is 0 Å². The summed E-state index contributed by atoms with van der Waals surface area (Å²) in [5.41, 5.74) is 1.07. The van der Waals surface area contributed by atoms with Crippen molar-refractivity contribution in [1.82, 2.24) is 10.3 Å². The van der Waals surface area contributed by atoms with E-state index in [-0.39, 0.29) is 5.91 Å². The average Bonchev–Trinajstić information content (AvgIpc) is 2.48. The predicted octanol–water partition coefficient (Wildman–Crippen LogP) is 1.91. The van der Waals surface area contributed by atoms with Gasteiger partial charge in [0.05, 0.1) is 5.01 Å². The highest BCUT2D eigenvalue weighted by Crippen LogP contribution is 2.26. The van der Waals surface area contributed by atoms with Crippen LogP contribution in [0.25, 0.3) is 0 Å². The molecule has 1 heterocycles. The third kappa shape index (κ3) is 2.78. The summed E-state index contributed by atoms with van der Waals surface area (Å²) in [6, 6.07) is 0. The predicted molar refractivity (Wildman–Crippen MR) is 60.9 cm³/mol. The molecule has 0 aliphatic heterocycles.